The molecule has 1 aromatic heterocycles. The molecule has 1 aliphatic heterocycles. The van der Waals surface area contributed by atoms with Crippen LogP contribution in [0.4, 0.5) is 4.79 Å². The van der Waals surface area contributed by atoms with Crippen LogP contribution >= 0.6 is 0 Å². The zero-order chi connectivity index (χ0) is 23.4. The van der Waals surface area contributed by atoms with Gasteiger partial charge in [-0.3, -0.25) is 14.5 Å². The third kappa shape index (κ3) is 4.92. The Hall–Kier alpha value is -4.01. The van der Waals surface area contributed by atoms with Gasteiger partial charge in [-0.1, -0.05) is 42.5 Å². The summed E-state index contributed by atoms with van der Waals surface area (Å²) < 4.78 is 1.64. The molecule has 2 aromatic carbocycles. The fourth-order valence-corrected chi connectivity index (χ4v) is 3.87. The van der Waals surface area contributed by atoms with Gasteiger partial charge in [0.1, 0.15) is 24.7 Å². The van der Waals surface area contributed by atoms with Crippen molar-refractivity contribution in [1.29, 1.82) is 0 Å². The summed E-state index contributed by atoms with van der Waals surface area (Å²) in [7, 11) is 0. The predicted octanol–water partition coefficient (Wildman–Crippen LogP) is 2.39. The number of nitrogens with zero attached hydrogens (tertiary/aromatic N) is 4. The Kier molecular flexibility index (Phi) is 6.21. The number of carbonyl (C=O) groups excluding carboxylic acids is 3. The molecular formula is C24H26N6O3. The van der Waals surface area contributed by atoms with E-state index in [4.69, 9.17) is 0 Å². The lowest BCUT2D eigenvalue weighted by molar-refractivity contribution is -0.134. The van der Waals surface area contributed by atoms with Crippen molar-refractivity contribution in [3.8, 4) is 5.69 Å². The van der Waals surface area contributed by atoms with Gasteiger partial charge in [-0.15, -0.1) is 0 Å². The minimum atomic E-state index is -1.03. The van der Waals surface area contributed by atoms with E-state index >= 15 is 0 Å². The molecule has 4 rings (SSSR count). The Labute approximate surface area is 191 Å². The highest BCUT2D eigenvalue weighted by Gasteiger charge is 2.47. The van der Waals surface area contributed by atoms with Gasteiger partial charge in [-0.05, 0) is 49.9 Å². The number of aromatic nitrogens is 3. The Morgan fingerprint density at radius 1 is 1.12 bits per heavy atom. The topological polar surface area (TPSA) is 109 Å². The Bertz CT molecular complexity index is 1130. The normalized spacial score (nSPS) is 18.8. The van der Waals surface area contributed by atoms with E-state index in [2.05, 4.69) is 20.7 Å². The highest BCUT2D eigenvalue weighted by Crippen LogP contribution is 2.23. The van der Waals surface area contributed by atoms with E-state index in [0.717, 1.165) is 21.7 Å². The van der Waals surface area contributed by atoms with E-state index in [0.29, 0.717) is 12.8 Å². The minimum Gasteiger partial charge on any atom is -0.348 e. The summed E-state index contributed by atoms with van der Waals surface area (Å²) in [4.78, 5) is 42.9. The Balaban J connectivity index is 1.33. The first-order valence-electron chi connectivity index (χ1n) is 10.8. The van der Waals surface area contributed by atoms with Gasteiger partial charge < -0.3 is 10.6 Å². The first-order chi connectivity index (χ1) is 15.9. The maximum absolute atomic E-state index is 12.9. The number of aryl methyl sites for hydroxylation is 1. The van der Waals surface area contributed by atoms with E-state index in [1.807, 2.05) is 61.5 Å². The zero-order valence-electron chi connectivity index (χ0n) is 18.6. The Morgan fingerprint density at radius 3 is 2.52 bits per heavy atom. The Morgan fingerprint density at radius 2 is 1.85 bits per heavy atom. The molecular weight excluding hydrogens is 420 g/mol. The van der Waals surface area contributed by atoms with Crippen LogP contribution in [0.5, 0.6) is 0 Å². The quantitative estimate of drug-likeness (QED) is 0.517. The number of benzene rings is 2. The molecule has 9 nitrogen and oxygen atoms in total. The molecule has 4 amide bonds. The molecule has 0 spiro atoms. The highest BCUT2D eigenvalue weighted by molar-refractivity contribution is 6.08. The standard InChI is InChI=1S/C24H26N6O3/c1-17(19-8-10-20(11-9-19)30-16-25-15-26-30)27-21(31)14-29-22(32)24(2,28-23(29)33)13-12-18-6-4-3-5-7-18/h3-11,15-17H,12-14H2,1-2H3,(H,27,31)(H,28,33)/t17-,24+/m1/s1. The van der Waals surface area contributed by atoms with Gasteiger partial charge in [0, 0.05) is 0 Å². The average molecular weight is 447 g/mol. The molecule has 2 N–H and O–H groups in total. The first kappa shape index (κ1) is 22.2. The van der Waals surface area contributed by atoms with Crippen LogP contribution in [0.1, 0.15) is 37.4 Å². The molecule has 0 unspecified atom stereocenters. The van der Waals surface area contributed by atoms with Crippen molar-refractivity contribution in [3.63, 3.8) is 0 Å². The fourth-order valence-electron chi connectivity index (χ4n) is 3.87. The van der Waals surface area contributed by atoms with Crippen LogP contribution in [0, 0.1) is 0 Å². The maximum Gasteiger partial charge on any atom is 0.325 e. The second kappa shape index (κ2) is 9.23. The maximum atomic E-state index is 12.9. The van der Waals surface area contributed by atoms with Gasteiger partial charge in [0.15, 0.2) is 0 Å². The van der Waals surface area contributed by atoms with Gasteiger partial charge in [0.25, 0.3) is 5.91 Å². The number of hydrogen-bond donors (Lipinski definition) is 2. The lowest BCUT2D eigenvalue weighted by Gasteiger charge is -2.22. The molecule has 1 saturated heterocycles. The molecule has 170 valence electrons. The summed E-state index contributed by atoms with van der Waals surface area (Å²) in [6, 6.07) is 16.4. The summed E-state index contributed by atoms with van der Waals surface area (Å²) in [5.41, 5.74) is 1.79. The van der Waals surface area contributed by atoms with Crippen molar-refractivity contribution in [1.82, 2.24) is 30.3 Å². The number of urea groups is 1. The van der Waals surface area contributed by atoms with Crippen molar-refractivity contribution in [2.75, 3.05) is 6.54 Å². The van der Waals surface area contributed by atoms with Crippen molar-refractivity contribution in [2.24, 2.45) is 0 Å². The van der Waals surface area contributed by atoms with Crippen LogP contribution in [0.15, 0.2) is 67.3 Å². The largest absolute Gasteiger partial charge is 0.348 e. The third-order valence-electron chi connectivity index (χ3n) is 5.86. The number of amides is 4. The number of imide groups is 1. The summed E-state index contributed by atoms with van der Waals surface area (Å²) in [6.07, 6.45) is 4.16. The molecule has 0 saturated carbocycles. The van der Waals surface area contributed by atoms with Crippen molar-refractivity contribution in [2.45, 2.75) is 38.3 Å². The van der Waals surface area contributed by atoms with Crippen LogP contribution < -0.4 is 10.6 Å². The average Bonchev–Trinajstić information content (AvgIpc) is 3.42. The summed E-state index contributed by atoms with van der Waals surface area (Å²) in [5.74, 6) is -0.790. The molecule has 33 heavy (non-hydrogen) atoms. The van der Waals surface area contributed by atoms with E-state index in [1.54, 1.807) is 17.9 Å². The van der Waals surface area contributed by atoms with Crippen LogP contribution in [-0.4, -0.2) is 49.6 Å². The van der Waals surface area contributed by atoms with E-state index in [-0.39, 0.29) is 18.5 Å². The number of carbonyl (C=O) groups is 3. The van der Waals surface area contributed by atoms with Gasteiger partial charge in [-0.25, -0.2) is 14.5 Å². The second-order valence-electron chi connectivity index (χ2n) is 8.36. The van der Waals surface area contributed by atoms with Crippen LogP contribution in [0.2, 0.25) is 0 Å². The highest BCUT2D eigenvalue weighted by atomic mass is 16.2. The number of hydrogen-bond acceptors (Lipinski definition) is 5. The van der Waals surface area contributed by atoms with Gasteiger partial charge in [0.05, 0.1) is 11.7 Å². The predicted molar refractivity (Wildman–Crippen MR) is 121 cm³/mol. The smallest absolute Gasteiger partial charge is 0.325 e. The van der Waals surface area contributed by atoms with Crippen molar-refractivity contribution < 1.29 is 14.4 Å². The van der Waals surface area contributed by atoms with Crippen molar-refractivity contribution >= 4 is 17.8 Å². The molecule has 1 fully saturated rings. The van der Waals surface area contributed by atoms with Crippen molar-refractivity contribution in [3.05, 3.63) is 78.4 Å². The first-order valence-corrected chi connectivity index (χ1v) is 10.8. The monoisotopic (exact) mass is 446 g/mol. The minimum absolute atomic E-state index is 0.299. The SMILES string of the molecule is C[C@@H](NC(=O)CN1C(=O)N[C@@](C)(CCc2ccccc2)C1=O)c1ccc(-n2cncn2)cc1. The summed E-state index contributed by atoms with van der Waals surface area (Å²) in [6.45, 7) is 3.22. The van der Waals surface area contributed by atoms with Crippen LogP contribution in [0.25, 0.3) is 5.69 Å². The molecule has 2 heterocycles. The van der Waals surface area contributed by atoms with Crippen LogP contribution in [0.3, 0.4) is 0 Å². The molecule has 3 aromatic rings. The van der Waals surface area contributed by atoms with Crippen LogP contribution in [-0.2, 0) is 16.0 Å². The van der Waals surface area contributed by atoms with E-state index in [1.165, 1.54) is 6.33 Å². The zero-order valence-corrected chi connectivity index (χ0v) is 18.6. The van der Waals surface area contributed by atoms with Gasteiger partial charge >= 0.3 is 6.03 Å². The summed E-state index contributed by atoms with van der Waals surface area (Å²) in [5, 5.41) is 9.69. The van der Waals surface area contributed by atoms with E-state index in [9.17, 15) is 14.4 Å². The lowest BCUT2D eigenvalue weighted by Crippen LogP contribution is -2.45. The van der Waals surface area contributed by atoms with Gasteiger partial charge in [-0.2, -0.15) is 5.10 Å². The molecule has 9 heteroatoms. The number of nitrogens with one attached hydrogen (secondary N) is 2. The van der Waals surface area contributed by atoms with Gasteiger partial charge in [0.2, 0.25) is 5.91 Å². The molecule has 0 aliphatic carbocycles. The molecule has 0 bridgehead atoms. The molecule has 2 atom stereocenters. The lowest BCUT2D eigenvalue weighted by atomic mass is 9.93. The second-order valence-corrected chi connectivity index (χ2v) is 8.36. The fraction of sp³-hybridized carbons (Fsp3) is 0.292. The molecule has 1 aliphatic rings. The number of rotatable bonds is 8. The summed E-state index contributed by atoms with van der Waals surface area (Å²) >= 11 is 0. The molecule has 0 radical (unpaired) electrons. The third-order valence-corrected chi connectivity index (χ3v) is 5.86. The van der Waals surface area contributed by atoms with E-state index < -0.39 is 17.5 Å².